The summed E-state index contributed by atoms with van der Waals surface area (Å²) < 4.78 is 0. The fourth-order valence-corrected chi connectivity index (χ4v) is 4.11. The molecule has 0 saturated heterocycles. The van der Waals surface area contributed by atoms with E-state index in [1.807, 2.05) is 48.5 Å². The van der Waals surface area contributed by atoms with E-state index in [1.165, 1.54) is 11.3 Å². The van der Waals surface area contributed by atoms with Crippen molar-refractivity contribution in [2.75, 3.05) is 11.9 Å². The van der Waals surface area contributed by atoms with Crippen LogP contribution in [0.4, 0.5) is 10.6 Å². The Bertz CT molecular complexity index is 1180. The number of terminal acetylenes is 1. The standard InChI is InChI=1S/C24H20N4O2S/c1-2-22-27-21(14-31-22)28-23(30)26-20(13-29)17-9-7-16(8-10-17)18-5-3-4-6-19(18)24(15-25)11-12-24/h1,3-10,14,20,29H,11-13H2,(H2,26,28,30)/t20-/m0/s1. The van der Waals surface area contributed by atoms with E-state index in [-0.39, 0.29) is 12.0 Å². The highest BCUT2D eigenvalue weighted by Gasteiger charge is 2.46. The number of aliphatic hydroxyl groups is 1. The molecule has 0 spiro atoms. The van der Waals surface area contributed by atoms with Gasteiger partial charge in [-0.2, -0.15) is 5.26 Å². The monoisotopic (exact) mass is 428 g/mol. The second kappa shape index (κ2) is 8.61. The number of anilines is 1. The Hall–Kier alpha value is -3.65. The summed E-state index contributed by atoms with van der Waals surface area (Å²) in [4.78, 5) is 16.4. The number of urea groups is 1. The lowest BCUT2D eigenvalue weighted by atomic mass is 9.88. The van der Waals surface area contributed by atoms with Crippen molar-refractivity contribution in [3.8, 4) is 29.5 Å². The number of hydrogen-bond donors (Lipinski definition) is 3. The molecule has 31 heavy (non-hydrogen) atoms. The van der Waals surface area contributed by atoms with E-state index in [4.69, 9.17) is 6.42 Å². The molecule has 1 aromatic heterocycles. The first-order valence-corrected chi connectivity index (χ1v) is 10.7. The van der Waals surface area contributed by atoms with Crippen molar-refractivity contribution in [3.05, 3.63) is 70.0 Å². The quantitative estimate of drug-likeness (QED) is 0.513. The lowest BCUT2D eigenvalue weighted by Gasteiger charge is -2.18. The van der Waals surface area contributed by atoms with Crippen molar-refractivity contribution >= 4 is 23.2 Å². The van der Waals surface area contributed by atoms with Gasteiger partial charge < -0.3 is 10.4 Å². The second-order valence-electron chi connectivity index (χ2n) is 7.38. The molecule has 1 aliphatic carbocycles. The number of hydrogen-bond acceptors (Lipinski definition) is 5. The molecular formula is C24H20N4O2S. The molecule has 7 heteroatoms. The van der Waals surface area contributed by atoms with Gasteiger partial charge in [-0.15, -0.1) is 17.8 Å². The summed E-state index contributed by atoms with van der Waals surface area (Å²) in [6.07, 6.45) is 7.05. The predicted molar refractivity (Wildman–Crippen MR) is 120 cm³/mol. The lowest BCUT2D eigenvalue weighted by molar-refractivity contribution is 0.225. The molecule has 3 N–H and O–H groups in total. The van der Waals surface area contributed by atoms with E-state index >= 15 is 0 Å². The highest BCUT2D eigenvalue weighted by molar-refractivity contribution is 7.10. The average molecular weight is 429 g/mol. The fraction of sp³-hybridized carbons (Fsp3) is 0.208. The van der Waals surface area contributed by atoms with Gasteiger partial charge in [-0.05, 0) is 41.0 Å². The normalized spacial score (nSPS) is 14.7. The Labute approximate surface area is 184 Å². The predicted octanol–water partition coefficient (Wildman–Crippen LogP) is 4.20. The van der Waals surface area contributed by atoms with Gasteiger partial charge in [-0.1, -0.05) is 48.5 Å². The maximum atomic E-state index is 12.3. The summed E-state index contributed by atoms with van der Waals surface area (Å²) in [5.74, 6) is 2.78. The third-order valence-corrected chi connectivity index (χ3v) is 6.16. The molecule has 2 amide bonds. The van der Waals surface area contributed by atoms with Crippen molar-refractivity contribution in [2.45, 2.75) is 24.3 Å². The first kappa shape index (κ1) is 20.6. The number of carbonyl (C=O) groups excluding carboxylic acids is 1. The number of amides is 2. The van der Waals surface area contributed by atoms with Crippen molar-refractivity contribution in [1.82, 2.24) is 10.3 Å². The summed E-state index contributed by atoms with van der Waals surface area (Å²) in [6, 6.07) is 17.0. The third-order valence-electron chi connectivity index (χ3n) is 5.39. The van der Waals surface area contributed by atoms with Crippen LogP contribution in [0.2, 0.25) is 0 Å². The molecule has 0 aliphatic heterocycles. The molecule has 1 fully saturated rings. The Balaban J connectivity index is 1.49. The Morgan fingerprint density at radius 2 is 2.00 bits per heavy atom. The number of aliphatic hydroxyl groups excluding tert-OH is 1. The zero-order chi connectivity index (χ0) is 21.8. The van der Waals surface area contributed by atoms with E-state index < -0.39 is 12.1 Å². The van der Waals surface area contributed by atoms with Crippen LogP contribution in [0, 0.1) is 23.7 Å². The molecule has 4 rings (SSSR count). The molecule has 1 heterocycles. The fourth-order valence-electron chi connectivity index (χ4n) is 3.56. The molecular weight excluding hydrogens is 408 g/mol. The number of aromatic nitrogens is 1. The van der Waals surface area contributed by atoms with Gasteiger partial charge in [0, 0.05) is 5.38 Å². The van der Waals surface area contributed by atoms with Crippen LogP contribution in [-0.2, 0) is 5.41 Å². The van der Waals surface area contributed by atoms with Gasteiger partial charge in [0.25, 0.3) is 0 Å². The van der Waals surface area contributed by atoms with Gasteiger partial charge in [0.1, 0.15) is 5.82 Å². The molecule has 1 saturated carbocycles. The van der Waals surface area contributed by atoms with Gasteiger partial charge in [-0.3, -0.25) is 5.32 Å². The van der Waals surface area contributed by atoms with Crippen LogP contribution in [0.5, 0.6) is 0 Å². The largest absolute Gasteiger partial charge is 0.394 e. The lowest BCUT2D eigenvalue weighted by Crippen LogP contribution is -2.34. The first-order chi connectivity index (χ1) is 15.1. The van der Waals surface area contributed by atoms with Crippen LogP contribution in [0.25, 0.3) is 11.1 Å². The summed E-state index contributed by atoms with van der Waals surface area (Å²) in [7, 11) is 0. The summed E-state index contributed by atoms with van der Waals surface area (Å²) in [5.41, 5.74) is 3.47. The van der Waals surface area contributed by atoms with E-state index in [2.05, 4.69) is 27.6 Å². The molecule has 0 radical (unpaired) electrons. The number of rotatable bonds is 6. The number of benzene rings is 2. The zero-order valence-electron chi connectivity index (χ0n) is 16.6. The van der Waals surface area contributed by atoms with Gasteiger partial charge in [0.05, 0.1) is 24.1 Å². The van der Waals surface area contributed by atoms with E-state index in [1.54, 1.807) is 5.38 Å². The zero-order valence-corrected chi connectivity index (χ0v) is 17.4. The summed E-state index contributed by atoms with van der Waals surface area (Å²) in [5, 5.41) is 26.9. The van der Waals surface area contributed by atoms with Crippen LogP contribution in [0.1, 0.15) is 35.0 Å². The molecule has 3 aromatic rings. The van der Waals surface area contributed by atoms with E-state index in [0.29, 0.717) is 10.8 Å². The third kappa shape index (κ3) is 4.29. The maximum absolute atomic E-state index is 12.3. The molecule has 1 atom stereocenters. The molecule has 0 bridgehead atoms. The number of thiazole rings is 1. The molecule has 1 aliphatic rings. The number of nitriles is 1. The minimum atomic E-state index is -0.580. The summed E-state index contributed by atoms with van der Waals surface area (Å²) >= 11 is 1.26. The van der Waals surface area contributed by atoms with Crippen LogP contribution in [0.15, 0.2) is 53.9 Å². The average Bonchev–Trinajstić information content (AvgIpc) is 3.49. The van der Waals surface area contributed by atoms with Gasteiger partial charge in [-0.25, -0.2) is 9.78 Å². The summed E-state index contributed by atoms with van der Waals surface area (Å²) in [6.45, 7) is -0.256. The SMILES string of the molecule is C#Cc1nc(NC(=O)N[C@@H](CO)c2ccc(-c3ccccc3C3(C#N)CC3)cc2)cs1. The van der Waals surface area contributed by atoms with Crippen LogP contribution < -0.4 is 10.6 Å². The van der Waals surface area contributed by atoms with E-state index in [9.17, 15) is 15.2 Å². The molecule has 2 aromatic carbocycles. The van der Waals surface area contributed by atoms with Crippen molar-refractivity contribution < 1.29 is 9.90 Å². The number of carbonyl (C=O) groups is 1. The van der Waals surface area contributed by atoms with Crippen molar-refractivity contribution in [3.63, 3.8) is 0 Å². The van der Waals surface area contributed by atoms with E-state index in [0.717, 1.165) is 35.1 Å². The molecule has 6 nitrogen and oxygen atoms in total. The van der Waals surface area contributed by atoms with Crippen LogP contribution in [0.3, 0.4) is 0 Å². The smallest absolute Gasteiger partial charge is 0.320 e. The highest BCUT2D eigenvalue weighted by Crippen LogP contribution is 2.50. The minimum absolute atomic E-state index is 0.256. The second-order valence-corrected chi connectivity index (χ2v) is 8.24. The Morgan fingerprint density at radius 1 is 1.26 bits per heavy atom. The highest BCUT2D eigenvalue weighted by atomic mass is 32.1. The van der Waals surface area contributed by atoms with Crippen molar-refractivity contribution in [2.24, 2.45) is 0 Å². The minimum Gasteiger partial charge on any atom is -0.394 e. The molecule has 0 unspecified atom stereocenters. The topological polar surface area (TPSA) is 98.0 Å². The number of nitrogens with zero attached hydrogens (tertiary/aromatic N) is 2. The van der Waals surface area contributed by atoms with Crippen LogP contribution in [-0.4, -0.2) is 22.7 Å². The van der Waals surface area contributed by atoms with Gasteiger partial charge in [0.2, 0.25) is 0 Å². The first-order valence-electron chi connectivity index (χ1n) is 9.80. The molecule has 154 valence electrons. The van der Waals surface area contributed by atoms with Crippen LogP contribution >= 0.6 is 11.3 Å². The Kier molecular flexibility index (Phi) is 5.73. The van der Waals surface area contributed by atoms with Gasteiger partial charge >= 0.3 is 6.03 Å². The van der Waals surface area contributed by atoms with Crippen molar-refractivity contribution in [1.29, 1.82) is 5.26 Å². The van der Waals surface area contributed by atoms with Gasteiger partial charge in [0.15, 0.2) is 5.01 Å². The maximum Gasteiger partial charge on any atom is 0.320 e. The Morgan fingerprint density at radius 3 is 2.61 bits per heavy atom. The number of nitrogens with one attached hydrogen (secondary N) is 2.